The molecule has 4 heterocycles. The molecular weight excluding hydrogens is 625 g/mol. The maximum Gasteiger partial charge on any atom is 0.416 e. The molecule has 16 heteroatoms. The van der Waals surface area contributed by atoms with E-state index in [0.29, 0.717) is 37.6 Å². The van der Waals surface area contributed by atoms with Crippen LogP contribution in [0.1, 0.15) is 23.6 Å². The van der Waals surface area contributed by atoms with E-state index < -0.39 is 40.7 Å². The molecule has 0 radical (unpaired) electrons. The van der Waals surface area contributed by atoms with E-state index in [9.17, 15) is 31.9 Å². The highest BCUT2D eigenvalue weighted by Crippen LogP contribution is 2.34. The molecule has 6 rings (SSSR count). The molecule has 0 bridgehead atoms. The molecule has 3 aromatic heterocycles. The van der Waals surface area contributed by atoms with Crippen LogP contribution < -0.4 is 10.6 Å². The lowest BCUT2D eigenvalue weighted by molar-refractivity contribution is -0.137. The van der Waals surface area contributed by atoms with Crippen molar-refractivity contribution >= 4 is 5.69 Å². The Balaban J connectivity index is 1.12. The summed E-state index contributed by atoms with van der Waals surface area (Å²) < 4.78 is 71.1. The smallest absolute Gasteiger partial charge is 0.381 e. The van der Waals surface area contributed by atoms with Gasteiger partial charge in [-0.15, -0.1) is 0 Å². The average Bonchev–Trinajstić information content (AvgIpc) is 3.70. The van der Waals surface area contributed by atoms with Crippen LogP contribution in [0, 0.1) is 11.6 Å². The van der Waals surface area contributed by atoms with Gasteiger partial charge in [0.2, 0.25) is 0 Å². The van der Waals surface area contributed by atoms with Crippen LogP contribution in [0.15, 0.2) is 84.6 Å². The molecule has 0 amide bonds. The van der Waals surface area contributed by atoms with Crippen LogP contribution in [0.3, 0.4) is 0 Å². The average molecular weight is 656 g/mol. The van der Waals surface area contributed by atoms with Crippen molar-refractivity contribution in [3.05, 3.63) is 119 Å². The predicted molar refractivity (Wildman–Crippen MR) is 160 cm³/mol. The van der Waals surface area contributed by atoms with Crippen molar-refractivity contribution in [1.29, 1.82) is 0 Å². The van der Waals surface area contributed by atoms with Gasteiger partial charge in [0.1, 0.15) is 42.0 Å². The largest absolute Gasteiger partial charge is 0.416 e. The number of alkyl halides is 3. The second-order valence-electron chi connectivity index (χ2n) is 11.4. The van der Waals surface area contributed by atoms with Crippen LogP contribution in [0.25, 0.3) is 5.82 Å². The summed E-state index contributed by atoms with van der Waals surface area (Å²) in [5.74, 6) is -1.27. The topological polar surface area (TPSA) is 110 Å². The summed E-state index contributed by atoms with van der Waals surface area (Å²) in [7, 11) is 0. The van der Waals surface area contributed by atoms with E-state index in [1.54, 1.807) is 19.2 Å². The first kappa shape index (κ1) is 32.0. The Morgan fingerprint density at radius 1 is 0.936 bits per heavy atom. The minimum atomic E-state index is -4.45. The number of nitrogens with zero attached hydrogens (tertiary/aromatic N) is 9. The number of aliphatic hydroxyl groups is 1. The van der Waals surface area contributed by atoms with E-state index in [4.69, 9.17) is 0 Å². The Morgan fingerprint density at radius 3 is 2.30 bits per heavy atom. The second kappa shape index (κ2) is 12.7. The molecule has 5 aromatic rings. The molecule has 2 aromatic carbocycles. The number of halogens is 5. The number of hydrogen-bond donors (Lipinski definition) is 1. The van der Waals surface area contributed by atoms with Crippen molar-refractivity contribution in [2.45, 2.75) is 37.8 Å². The van der Waals surface area contributed by atoms with E-state index >= 15 is 0 Å². The Kier molecular flexibility index (Phi) is 8.63. The number of piperazine rings is 1. The Bertz CT molecular complexity index is 1870. The third-order valence-corrected chi connectivity index (χ3v) is 8.51. The minimum Gasteiger partial charge on any atom is -0.381 e. The third kappa shape index (κ3) is 6.64. The molecule has 1 aliphatic rings. The van der Waals surface area contributed by atoms with Gasteiger partial charge in [-0.3, -0.25) is 4.90 Å². The van der Waals surface area contributed by atoms with Crippen molar-refractivity contribution in [1.82, 2.24) is 39.0 Å². The molecule has 1 N–H and O–H groups in total. The molecule has 2 atom stereocenters. The molecule has 246 valence electrons. The molecule has 1 aliphatic heterocycles. The number of anilines is 1. The number of rotatable bonds is 9. The van der Waals surface area contributed by atoms with Crippen molar-refractivity contribution in [3.63, 3.8) is 0 Å². The molecule has 47 heavy (non-hydrogen) atoms. The second-order valence-corrected chi connectivity index (χ2v) is 11.4. The molecule has 0 saturated carbocycles. The fourth-order valence-corrected chi connectivity index (χ4v) is 5.80. The van der Waals surface area contributed by atoms with Crippen molar-refractivity contribution in [3.8, 4) is 5.82 Å². The molecule has 1 saturated heterocycles. The zero-order valence-corrected chi connectivity index (χ0v) is 25.1. The van der Waals surface area contributed by atoms with Crippen LogP contribution in [0.4, 0.5) is 27.6 Å². The first-order valence-electron chi connectivity index (χ1n) is 14.7. The van der Waals surface area contributed by atoms with Gasteiger partial charge in [0, 0.05) is 43.9 Å². The maximum absolute atomic E-state index is 15.0. The van der Waals surface area contributed by atoms with Gasteiger partial charge in [0.25, 0.3) is 0 Å². The molecule has 1 fully saturated rings. The fourth-order valence-electron chi connectivity index (χ4n) is 5.80. The molecule has 0 aliphatic carbocycles. The highest BCUT2D eigenvalue weighted by molar-refractivity contribution is 5.47. The number of hydrogen-bond acceptors (Lipinski definition) is 8. The van der Waals surface area contributed by atoms with Gasteiger partial charge < -0.3 is 10.0 Å². The van der Waals surface area contributed by atoms with Crippen LogP contribution in [-0.4, -0.2) is 76.3 Å². The summed E-state index contributed by atoms with van der Waals surface area (Å²) in [4.78, 5) is 25.4. The normalized spacial score (nSPS) is 16.3. The molecule has 0 spiro atoms. The summed E-state index contributed by atoms with van der Waals surface area (Å²) in [6.45, 7) is 3.84. The SMILES string of the molecule is C[C@@H](N1CCN(c2ccc(-n3cnn(Cc4ccc(C(F)(F)F)cc4)c3=O)nc2)CC1)[C@](O)(Cn1cncn1)c1ccc(F)cc1F. The minimum absolute atomic E-state index is 0.00743. The van der Waals surface area contributed by atoms with Gasteiger partial charge >= 0.3 is 11.9 Å². The Labute approximate surface area is 265 Å². The maximum atomic E-state index is 15.0. The van der Waals surface area contributed by atoms with Crippen LogP contribution in [0.5, 0.6) is 0 Å². The van der Waals surface area contributed by atoms with Crippen molar-refractivity contribution in [2.24, 2.45) is 0 Å². The summed E-state index contributed by atoms with van der Waals surface area (Å²) in [5.41, 5.74) is -1.77. The highest BCUT2D eigenvalue weighted by atomic mass is 19.4. The summed E-state index contributed by atoms with van der Waals surface area (Å²) in [6, 6.07) is 10.6. The van der Waals surface area contributed by atoms with Crippen LogP contribution in [0.2, 0.25) is 0 Å². The first-order valence-corrected chi connectivity index (χ1v) is 14.7. The highest BCUT2D eigenvalue weighted by Gasteiger charge is 2.42. The van der Waals surface area contributed by atoms with E-state index in [0.717, 1.165) is 34.6 Å². The molecule has 0 unspecified atom stereocenters. The lowest BCUT2D eigenvalue weighted by Gasteiger charge is -2.45. The quantitative estimate of drug-likeness (QED) is 0.241. The third-order valence-electron chi connectivity index (χ3n) is 8.51. The van der Waals surface area contributed by atoms with Gasteiger partial charge in [0.05, 0.1) is 30.5 Å². The summed E-state index contributed by atoms with van der Waals surface area (Å²) in [5, 5.41) is 20.1. The van der Waals surface area contributed by atoms with Gasteiger partial charge in [-0.05, 0) is 42.8 Å². The molecular formula is C31H30F5N9O2. The van der Waals surface area contributed by atoms with Gasteiger partial charge in [-0.2, -0.15) is 23.4 Å². The molecule has 11 nitrogen and oxygen atoms in total. The van der Waals surface area contributed by atoms with Crippen molar-refractivity contribution < 1.29 is 27.1 Å². The lowest BCUT2D eigenvalue weighted by atomic mass is 9.85. The van der Waals surface area contributed by atoms with E-state index in [1.165, 1.54) is 46.4 Å². The summed E-state index contributed by atoms with van der Waals surface area (Å²) in [6.07, 6.45) is 1.22. The zero-order chi connectivity index (χ0) is 33.3. The van der Waals surface area contributed by atoms with Crippen molar-refractivity contribution in [2.75, 3.05) is 31.1 Å². The Morgan fingerprint density at radius 2 is 1.68 bits per heavy atom. The monoisotopic (exact) mass is 655 g/mol. The van der Waals surface area contributed by atoms with Gasteiger partial charge in [-0.1, -0.05) is 18.2 Å². The van der Waals surface area contributed by atoms with Crippen LogP contribution in [-0.2, 0) is 24.9 Å². The lowest BCUT2D eigenvalue weighted by Crippen LogP contribution is -2.57. The standard InChI is InChI=1S/C31H30F5N9O2/c1-21(30(47,17-43-19-37-18-39-43)26-8-6-24(32)14-27(26)33)41-10-12-42(13-11-41)25-7-9-28(38-15-25)44-20-40-45(29(44)46)16-22-2-4-23(5-3-22)31(34,35)36/h2-9,14-15,18-21,47H,10-13,16-17H2,1H3/t21-,30-/m1/s1. The number of aromatic nitrogens is 7. The van der Waals surface area contributed by atoms with E-state index in [1.807, 2.05) is 11.0 Å². The summed E-state index contributed by atoms with van der Waals surface area (Å²) >= 11 is 0. The van der Waals surface area contributed by atoms with Gasteiger partial charge in [-0.25, -0.2) is 37.5 Å². The van der Waals surface area contributed by atoms with E-state index in [-0.39, 0.29) is 18.7 Å². The zero-order valence-electron chi connectivity index (χ0n) is 25.1. The fraction of sp³-hybridized carbons (Fsp3) is 0.323. The number of pyridine rings is 1. The number of benzene rings is 2. The predicted octanol–water partition coefficient (Wildman–Crippen LogP) is 3.46. The van der Waals surface area contributed by atoms with Gasteiger partial charge in [0.15, 0.2) is 0 Å². The first-order chi connectivity index (χ1) is 22.4. The van der Waals surface area contributed by atoms with Crippen LogP contribution >= 0.6 is 0 Å². The van der Waals surface area contributed by atoms with E-state index in [2.05, 4.69) is 25.1 Å². The Hall–Kier alpha value is -4.96.